The van der Waals surface area contributed by atoms with Gasteiger partial charge in [-0.2, -0.15) is 0 Å². The van der Waals surface area contributed by atoms with E-state index in [0.29, 0.717) is 6.54 Å². The Morgan fingerprint density at radius 1 is 1.04 bits per heavy atom. The second-order valence-electron chi connectivity index (χ2n) is 7.89. The van der Waals surface area contributed by atoms with Crippen molar-refractivity contribution < 1.29 is 19.1 Å². The van der Waals surface area contributed by atoms with E-state index in [4.69, 9.17) is 4.74 Å². The standard InChI is InChI=1S/C16H29N3O4/c1-11(20)18-8-9-19(14(22)23-16(5,6)7)12(10-18)13(21)17-15(2,3)4/h12H,8-10H2,1-7H3,(H,17,21)/t12-/m0/s1. The van der Waals surface area contributed by atoms with Gasteiger partial charge in [-0.3, -0.25) is 14.5 Å². The van der Waals surface area contributed by atoms with E-state index in [2.05, 4.69) is 5.32 Å². The maximum atomic E-state index is 12.6. The zero-order chi connectivity index (χ0) is 18.0. The van der Waals surface area contributed by atoms with Gasteiger partial charge in [-0.05, 0) is 41.5 Å². The van der Waals surface area contributed by atoms with Gasteiger partial charge in [0.15, 0.2) is 0 Å². The monoisotopic (exact) mass is 327 g/mol. The minimum Gasteiger partial charge on any atom is -0.444 e. The number of carbonyl (C=O) groups is 3. The van der Waals surface area contributed by atoms with Gasteiger partial charge < -0.3 is 15.0 Å². The number of piperazine rings is 1. The summed E-state index contributed by atoms with van der Waals surface area (Å²) in [5.41, 5.74) is -1.06. The van der Waals surface area contributed by atoms with Crippen LogP contribution in [-0.2, 0) is 14.3 Å². The molecule has 1 aliphatic heterocycles. The third-order valence-electron chi connectivity index (χ3n) is 3.25. The molecule has 1 atom stereocenters. The average Bonchev–Trinajstić information content (AvgIpc) is 2.33. The number of hydrogen-bond acceptors (Lipinski definition) is 4. The van der Waals surface area contributed by atoms with Crippen molar-refractivity contribution in [1.29, 1.82) is 0 Å². The highest BCUT2D eigenvalue weighted by Crippen LogP contribution is 2.17. The Morgan fingerprint density at radius 3 is 2.04 bits per heavy atom. The molecule has 0 radical (unpaired) electrons. The molecule has 7 nitrogen and oxygen atoms in total. The molecule has 0 saturated carbocycles. The summed E-state index contributed by atoms with van der Waals surface area (Å²) in [6.07, 6.45) is -0.533. The van der Waals surface area contributed by atoms with Gasteiger partial charge in [0.05, 0.1) is 6.54 Å². The smallest absolute Gasteiger partial charge is 0.411 e. The summed E-state index contributed by atoms with van der Waals surface area (Å²) in [6, 6.07) is -0.748. The van der Waals surface area contributed by atoms with Crippen molar-refractivity contribution >= 4 is 17.9 Å². The zero-order valence-electron chi connectivity index (χ0n) is 15.2. The lowest BCUT2D eigenvalue weighted by Crippen LogP contribution is -2.63. The van der Waals surface area contributed by atoms with Gasteiger partial charge in [0.2, 0.25) is 11.8 Å². The number of hydrogen-bond donors (Lipinski definition) is 1. The van der Waals surface area contributed by atoms with Crippen LogP contribution in [0.3, 0.4) is 0 Å². The Kier molecular flexibility index (Phi) is 5.66. The minimum absolute atomic E-state index is 0.109. The lowest BCUT2D eigenvalue weighted by molar-refractivity contribution is -0.137. The highest BCUT2D eigenvalue weighted by atomic mass is 16.6. The molecule has 0 spiro atoms. The predicted octanol–water partition coefficient (Wildman–Crippen LogP) is 1.37. The first-order valence-electron chi connectivity index (χ1n) is 7.87. The second kappa shape index (κ2) is 6.76. The number of ether oxygens (including phenoxy) is 1. The molecule has 0 unspecified atom stereocenters. The van der Waals surface area contributed by atoms with Gasteiger partial charge in [-0.1, -0.05) is 0 Å². The van der Waals surface area contributed by atoms with Crippen LogP contribution >= 0.6 is 0 Å². The molecule has 0 aliphatic carbocycles. The number of amides is 3. The second-order valence-corrected chi connectivity index (χ2v) is 7.89. The van der Waals surface area contributed by atoms with Crippen molar-refractivity contribution in [2.24, 2.45) is 0 Å². The van der Waals surface area contributed by atoms with Crippen LogP contribution < -0.4 is 5.32 Å². The summed E-state index contributed by atoms with van der Waals surface area (Å²) in [5, 5.41) is 2.87. The molecular weight excluding hydrogens is 298 g/mol. The van der Waals surface area contributed by atoms with Crippen molar-refractivity contribution in [3.8, 4) is 0 Å². The lowest BCUT2D eigenvalue weighted by Gasteiger charge is -2.41. The summed E-state index contributed by atoms with van der Waals surface area (Å²) >= 11 is 0. The SMILES string of the molecule is CC(=O)N1CCN(C(=O)OC(C)(C)C)[C@H](C(=O)NC(C)(C)C)C1. The van der Waals surface area contributed by atoms with Crippen LogP contribution in [0.4, 0.5) is 4.79 Å². The Bertz CT molecular complexity index is 477. The van der Waals surface area contributed by atoms with Crippen molar-refractivity contribution in [3.05, 3.63) is 0 Å². The first-order valence-corrected chi connectivity index (χ1v) is 7.87. The van der Waals surface area contributed by atoms with Crippen LogP contribution in [-0.4, -0.2) is 64.5 Å². The maximum absolute atomic E-state index is 12.6. The molecular formula is C16H29N3O4. The quantitative estimate of drug-likeness (QED) is 0.789. The molecule has 0 bridgehead atoms. The Morgan fingerprint density at radius 2 is 1.61 bits per heavy atom. The minimum atomic E-state index is -0.748. The summed E-state index contributed by atoms with van der Waals surface area (Å²) in [5.74, 6) is -0.392. The van der Waals surface area contributed by atoms with Gasteiger partial charge in [-0.25, -0.2) is 4.79 Å². The molecule has 0 aromatic carbocycles. The molecule has 1 N–H and O–H groups in total. The Hall–Kier alpha value is -1.79. The fourth-order valence-electron chi connectivity index (χ4n) is 2.29. The number of rotatable bonds is 1. The van der Waals surface area contributed by atoms with E-state index in [1.54, 1.807) is 25.7 Å². The van der Waals surface area contributed by atoms with Crippen LogP contribution in [0.1, 0.15) is 48.5 Å². The van der Waals surface area contributed by atoms with Crippen LogP contribution in [0.25, 0.3) is 0 Å². The van der Waals surface area contributed by atoms with Crippen molar-refractivity contribution in [2.75, 3.05) is 19.6 Å². The summed E-state index contributed by atoms with van der Waals surface area (Å²) in [7, 11) is 0. The molecule has 0 aromatic rings. The normalized spacial score (nSPS) is 19.3. The average molecular weight is 327 g/mol. The topological polar surface area (TPSA) is 79.0 Å². The van der Waals surface area contributed by atoms with E-state index < -0.39 is 23.3 Å². The molecule has 0 aromatic heterocycles. The molecule has 1 saturated heterocycles. The molecule has 3 amide bonds. The molecule has 1 fully saturated rings. The zero-order valence-corrected chi connectivity index (χ0v) is 15.2. The number of nitrogens with one attached hydrogen (secondary N) is 1. The summed E-state index contributed by atoms with van der Waals surface area (Å²) in [4.78, 5) is 39.6. The van der Waals surface area contributed by atoms with Gasteiger partial charge in [0, 0.05) is 25.6 Å². The van der Waals surface area contributed by atoms with Gasteiger partial charge in [-0.15, -0.1) is 0 Å². The maximum Gasteiger partial charge on any atom is 0.411 e. The first-order chi connectivity index (χ1) is 10.3. The van der Waals surface area contributed by atoms with Crippen LogP contribution in [0.5, 0.6) is 0 Å². The summed E-state index contributed by atoms with van der Waals surface area (Å²) < 4.78 is 5.39. The largest absolute Gasteiger partial charge is 0.444 e. The van der Waals surface area contributed by atoms with E-state index >= 15 is 0 Å². The van der Waals surface area contributed by atoms with E-state index in [0.717, 1.165) is 0 Å². The van der Waals surface area contributed by atoms with Crippen LogP contribution in [0, 0.1) is 0 Å². The van der Waals surface area contributed by atoms with E-state index in [1.807, 2.05) is 20.8 Å². The fourth-order valence-corrected chi connectivity index (χ4v) is 2.29. The summed E-state index contributed by atoms with van der Waals surface area (Å²) in [6.45, 7) is 13.3. The van der Waals surface area contributed by atoms with Gasteiger partial charge >= 0.3 is 6.09 Å². The van der Waals surface area contributed by atoms with E-state index in [-0.39, 0.29) is 24.9 Å². The van der Waals surface area contributed by atoms with Crippen LogP contribution in [0.2, 0.25) is 0 Å². The lowest BCUT2D eigenvalue weighted by atomic mass is 10.1. The molecule has 1 rings (SSSR count). The molecule has 1 aliphatic rings. The van der Waals surface area contributed by atoms with E-state index in [1.165, 1.54) is 11.8 Å². The number of carbonyl (C=O) groups excluding carboxylic acids is 3. The van der Waals surface area contributed by atoms with Crippen LogP contribution in [0.15, 0.2) is 0 Å². The first kappa shape index (κ1) is 19.3. The fraction of sp³-hybridized carbons (Fsp3) is 0.812. The molecule has 132 valence electrons. The molecule has 23 heavy (non-hydrogen) atoms. The highest BCUT2D eigenvalue weighted by Gasteiger charge is 2.39. The van der Waals surface area contributed by atoms with Gasteiger partial charge in [0.1, 0.15) is 11.6 Å². The van der Waals surface area contributed by atoms with Gasteiger partial charge in [0.25, 0.3) is 0 Å². The van der Waals surface area contributed by atoms with Crippen molar-refractivity contribution in [3.63, 3.8) is 0 Å². The predicted molar refractivity (Wildman–Crippen MR) is 86.9 cm³/mol. The van der Waals surface area contributed by atoms with E-state index in [9.17, 15) is 14.4 Å². The third-order valence-corrected chi connectivity index (χ3v) is 3.25. The van der Waals surface area contributed by atoms with Crippen molar-refractivity contribution in [1.82, 2.24) is 15.1 Å². The highest BCUT2D eigenvalue weighted by molar-refractivity contribution is 5.87. The Balaban J connectivity index is 2.95. The molecule has 1 heterocycles. The number of nitrogens with zero attached hydrogens (tertiary/aromatic N) is 2. The Labute approximate surface area is 138 Å². The third kappa shape index (κ3) is 6.08. The van der Waals surface area contributed by atoms with Crippen molar-refractivity contribution in [2.45, 2.75) is 65.6 Å². The molecule has 7 heteroatoms.